The summed E-state index contributed by atoms with van der Waals surface area (Å²) in [4.78, 5) is 22.6. The summed E-state index contributed by atoms with van der Waals surface area (Å²) in [6.45, 7) is 0. The molecular weight excluding hydrogens is 306 g/mol. The first-order valence-electron chi connectivity index (χ1n) is 7.56. The van der Waals surface area contributed by atoms with Crippen LogP contribution in [-0.2, 0) is 11.2 Å². The second-order valence-electron chi connectivity index (χ2n) is 5.78. The molecule has 0 radical (unpaired) electrons. The minimum absolute atomic E-state index is 0.0686. The van der Waals surface area contributed by atoms with E-state index in [0.717, 1.165) is 5.56 Å². The van der Waals surface area contributed by atoms with Gasteiger partial charge in [0, 0.05) is 24.4 Å². The molecule has 3 N–H and O–H groups in total. The number of nitrogens with one attached hydrogen (secondary N) is 2. The first-order valence-corrected chi connectivity index (χ1v) is 7.56. The van der Waals surface area contributed by atoms with E-state index in [1.54, 1.807) is 0 Å². The molecule has 0 aliphatic heterocycles. The molecular formula is C16H20F2N2O3. The zero-order chi connectivity index (χ0) is 16.8. The van der Waals surface area contributed by atoms with Crippen molar-refractivity contribution in [1.82, 2.24) is 10.6 Å². The van der Waals surface area contributed by atoms with Crippen molar-refractivity contribution >= 4 is 12.0 Å². The van der Waals surface area contributed by atoms with Crippen molar-refractivity contribution in [3.63, 3.8) is 0 Å². The highest BCUT2D eigenvalue weighted by atomic mass is 19.3. The molecule has 1 fully saturated rings. The third kappa shape index (κ3) is 5.84. The molecule has 7 heteroatoms. The van der Waals surface area contributed by atoms with Gasteiger partial charge in [0.15, 0.2) is 0 Å². The fourth-order valence-corrected chi connectivity index (χ4v) is 2.48. The van der Waals surface area contributed by atoms with Crippen molar-refractivity contribution in [2.45, 2.75) is 44.2 Å². The molecule has 1 unspecified atom stereocenters. The number of carboxylic acids is 1. The van der Waals surface area contributed by atoms with Gasteiger partial charge in [-0.15, -0.1) is 0 Å². The molecule has 23 heavy (non-hydrogen) atoms. The van der Waals surface area contributed by atoms with Gasteiger partial charge >= 0.3 is 12.0 Å². The lowest BCUT2D eigenvalue weighted by Gasteiger charge is -2.19. The first-order chi connectivity index (χ1) is 11.0. The van der Waals surface area contributed by atoms with Crippen molar-refractivity contribution in [2.24, 2.45) is 5.92 Å². The Morgan fingerprint density at radius 2 is 1.96 bits per heavy atom. The van der Waals surface area contributed by atoms with Gasteiger partial charge in [-0.05, 0) is 24.8 Å². The highest BCUT2D eigenvalue weighted by Crippen LogP contribution is 2.35. The molecule has 1 aliphatic carbocycles. The number of benzene rings is 1. The summed E-state index contributed by atoms with van der Waals surface area (Å²) in [5, 5.41) is 14.0. The van der Waals surface area contributed by atoms with Crippen molar-refractivity contribution in [3.05, 3.63) is 35.9 Å². The van der Waals surface area contributed by atoms with E-state index in [2.05, 4.69) is 10.6 Å². The largest absolute Gasteiger partial charge is 0.481 e. The van der Waals surface area contributed by atoms with Crippen molar-refractivity contribution < 1.29 is 23.5 Å². The van der Waals surface area contributed by atoms with E-state index in [1.165, 1.54) is 0 Å². The Hall–Kier alpha value is -2.18. The van der Waals surface area contributed by atoms with E-state index in [9.17, 15) is 18.4 Å². The lowest BCUT2D eigenvalue weighted by atomic mass is 10.0. The number of carbonyl (C=O) groups is 2. The zero-order valence-electron chi connectivity index (χ0n) is 12.5. The standard InChI is InChI=1S/C16H20F2N2O3/c17-15(18)12-9-13(12)20-16(23)19-11(6-7-14(21)22)8-10-4-2-1-3-5-10/h1-5,11-13,15H,6-9H2,(H,21,22)(H2,19,20,23)/t11?,12-,13-/m0/s1. The van der Waals surface area contributed by atoms with Crippen LogP contribution < -0.4 is 10.6 Å². The van der Waals surface area contributed by atoms with E-state index in [4.69, 9.17) is 5.11 Å². The van der Waals surface area contributed by atoms with Gasteiger partial charge in [0.2, 0.25) is 6.43 Å². The van der Waals surface area contributed by atoms with Gasteiger partial charge in [-0.25, -0.2) is 13.6 Å². The van der Waals surface area contributed by atoms with Crippen molar-refractivity contribution in [3.8, 4) is 0 Å². The van der Waals surface area contributed by atoms with E-state index < -0.39 is 30.4 Å². The molecule has 5 nitrogen and oxygen atoms in total. The Morgan fingerprint density at radius 3 is 2.52 bits per heavy atom. The number of hydrogen-bond donors (Lipinski definition) is 3. The summed E-state index contributed by atoms with van der Waals surface area (Å²) >= 11 is 0. The van der Waals surface area contributed by atoms with Crippen LogP contribution in [-0.4, -0.2) is 35.6 Å². The van der Waals surface area contributed by atoms with Gasteiger partial charge in [0.05, 0.1) is 0 Å². The van der Waals surface area contributed by atoms with Crippen LogP contribution in [0.3, 0.4) is 0 Å². The van der Waals surface area contributed by atoms with Crippen LogP contribution >= 0.6 is 0 Å². The average Bonchev–Trinajstić information content (AvgIpc) is 3.25. The zero-order valence-corrected chi connectivity index (χ0v) is 12.5. The summed E-state index contributed by atoms with van der Waals surface area (Å²) in [6, 6.07) is 7.99. The molecule has 2 amide bonds. The first kappa shape index (κ1) is 17.2. The van der Waals surface area contributed by atoms with E-state index >= 15 is 0 Å². The molecule has 3 atom stereocenters. The summed E-state index contributed by atoms with van der Waals surface area (Å²) in [6.07, 6.45) is -1.44. The topological polar surface area (TPSA) is 78.4 Å². The fourth-order valence-electron chi connectivity index (χ4n) is 2.48. The molecule has 0 bridgehead atoms. The highest BCUT2D eigenvalue weighted by Gasteiger charge is 2.45. The van der Waals surface area contributed by atoms with Crippen LogP contribution in [0.5, 0.6) is 0 Å². The van der Waals surface area contributed by atoms with E-state index in [0.29, 0.717) is 6.42 Å². The molecule has 0 aromatic heterocycles. The normalized spacial score (nSPS) is 20.8. The number of urea groups is 1. The monoisotopic (exact) mass is 326 g/mol. The molecule has 0 heterocycles. The quantitative estimate of drug-likeness (QED) is 0.686. The maximum Gasteiger partial charge on any atom is 0.315 e. The average molecular weight is 326 g/mol. The Labute approximate surface area is 133 Å². The summed E-state index contributed by atoms with van der Waals surface area (Å²) in [7, 11) is 0. The second-order valence-corrected chi connectivity index (χ2v) is 5.78. The molecule has 1 aliphatic rings. The van der Waals surface area contributed by atoms with Gasteiger partial charge in [-0.1, -0.05) is 30.3 Å². The van der Waals surface area contributed by atoms with E-state index in [1.807, 2.05) is 30.3 Å². The van der Waals surface area contributed by atoms with Crippen LogP contribution in [0.1, 0.15) is 24.8 Å². The third-order valence-electron chi connectivity index (χ3n) is 3.85. The second kappa shape index (κ2) is 7.89. The highest BCUT2D eigenvalue weighted by molar-refractivity contribution is 5.75. The number of halogens is 2. The molecule has 2 rings (SSSR count). The molecule has 1 aromatic carbocycles. The summed E-state index contributed by atoms with van der Waals surface area (Å²) < 4.78 is 24.9. The Morgan fingerprint density at radius 1 is 1.26 bits per heavy atom. The lowest BCUT2D eigenvalue weighted by Crippen LogP contribution is -2.44. The third-order valence-corrected chi connectivity index (χ3v) is 3.85. The number of alkyl halides is 2. The van der Waals surface area contributed by atoms with Crippen molar-refractivity contribution in [1.29, 1.82) is 0 Å². The SMILES string of the molecule is O=C(O)CCC(Cc1ccccc1)NC(=O)N[C@H]1C[C@@H]1C(F)F. The van der Waals surface area contributed by atoms with Crippen LogP contribution in [0.2, 0.25) is 0 Å². The summed E-state index contributed by atoms with van der Waals surface area (Å²) in [5.74, 6) is -1.71. The number of aliphatic carboxylic acids is 1. The van der Waals surface area contributed by atoms with Crippen molar-refractivity contribution in [2.75, 3.05) is 0 Å². The van der Waals surface area contributed by atoms with Gasteiger partial charge in [0.25, 0.3) is 0 Å². The number of hydrogen-bond acceptors (Lipinski definition) is 2. The maximum atomic E-state index is 12.4. The molecule has 1 saturated carbocycles. The Kier molecular flexibility index (Phi) is 5.90. The van der Waals surface area contributed by atoms with Crippen LogP contribution in [0, 0.1) is 5.92 Å². The van der Waals surface area contributed by atoms with E-state index in [-0.39, 0.29) is 25.3 Å². The molecule has 0 spiro atoms. The van der Waals surface area contributed by atoms with Crippen LogP contribution in [0.25, 0.3) is 0 Å². The predicted octanol–water partition coefficient (Wildman–Crippen LogP) is 2.42. The smallest absolute Gasteiger partial charge is 0.315 e. The Bertz CT molecular complexity index is 539. The van der Waals surface area contributed by atoms with Crippen LogP contribution in [0.4, 0.5) is 13.6 Å². The number of carboxylic acid groups (broad SMARTS) is 1. The van der Waals surface area contributed by atoms with Crippen LogP contribution in [0.15, 0.2) is 30.3 Å². The molecule has 1 aromatic rings. The number of carbonyl (C=O) groups excluding carboxylic acids is 1. The Balaban J connectivity index is 1.86. The van der Waals surface area contributed by atoms with Gasteiger partial charge in [-0.3, -0.25) is 4.79 Å². The number of rotatable bonds is 8. The maximum absolute atomic E-state index is 12.4. The predicted molar refractivity (Wildman–Crippen MR) is 80.4 cm³/mol. The van der Waals surface area contributed by atoms with Gasteiger partial charge in [0.1, 0.15) is 0 Å². The summed E-state index contributed by atoms with van der Waals surface area (Å²) in [5.41, 5.74) is 0.972. The minimum Gasteiger partial charge on any atom is -0.481 e. The van der Waals surface area contributed by atoms with Gasteiger partial charge < -0.3 is 15.7 Å². The molecule has 126 valence electrons. The lowest BCUT2D eigenvalue weighted by molar-refractivity contribution is -0.137. The number of amides is 2. The minimum atomic E-state index is -2.42. The fraction of sp³-hybridized carbons (Fsp3) is 0.500. The molecule has 0 saturated heterocycles. The van der Waals surface area contributed by atoms with Gasteiger partial charge in [-0.2, -0.15) is 0 Å².